The monoisotopic (exact) mass is 667 g/mol. The molecule has 49 heavy (non-hydrogen) atoms. The first kappa shape index (κ1) is 37.0. The van der Waals surface area contributed by atoms with E-state index in [0.29, 0.717) is 73.8 Å². The van der Waals surface area contributed by atoms with E-state index in [-0.39, 0.29) is 38.1 Å². The van der Waals surface area contributed by atoms with Crippen LogP contribution in [-0.4, -0.2) is 77.8 Å². The van der Waals surface area contributed by atoms with Gasteiger partial charge >= 0.3 is 0 Å². The second-order valence-corrected chi connectivity index (χ2v) is 10.5. The van der Waals surface area contributed by atoms with Crippen LogP contribution in [0.1, 0.15) is 26.3 Å². The van der Waals surface area contributed by atoms with Crippen molar-refractivity contribution >= 4 is 11.8 Å². The molecule has 257 valence electrons. The number of ether oxygens (including phenoxy) is 6. The third-order valence-corrected chi connectivity index (χ3v) is 6.88. The molecule has 1 saturated carbocycles. The maximum absolute atomic E-state index is 13.1. The molecule has 3 aromatic rings. The molecule has 0 heterocycles. The zero-order chi connectivity index (χ0) is 34.5. The highest BCUT2D eigenvalue weighted by Gasteiger charge is 2.22. The smallest absolute Gasteiger partial charge is 0.251 e. The fraction of sp³-hybridized carbons (Fsp3) is 0.256. The van der Waals surface area contributed by atoms with Crippen molar-refractivity contribution in [3.63, 3.8) is 0 Å². The lowest BCUT2D eigenvalue weighted by molar-refractivity contribution is 0.0946. The minimum Gasteiger partial charge on any atom is -0.492 e. The summed E-state index contributed by atoms with van der Waals surface area (Å²) >= 11 is 0. The van der Waals surface area contributed by atoms with Crippen LogP contribution in [0.5, 0.6) is 23.0 Å². The molecule has 3 aromatic carbocycles. The summed E-state index contributed by atoms with van der Waals surface area (Å²) in [5.41, 5.74) is 1.50. The second kappa shape index (κ2) is 21.2. The summed E-state index contributed by atoms with van der Waals surface area (Å²) in [5, 5.41) is 5.76. The topological polar surface area (TPSA) is 114 Å². The number of amides is 2. The maximum Gasteiger partial charge on any atom is 0.251 e. The molecule has 10 heteroatoms. The van der Waals surface area contributed by atoms with Gasteiger partial charge < -0.3 is 39.1 Å². The number of nitrogens with one attached hydrogen (secondary N) is 2. The molecule has 0 bridgehead atoms. The normalized spacial score (nSPS) is 12.6. The first-order valence-corrected chi connectivity index (χ1v) is 16.1. The molecule has 0 spiro atoms. The highest BCUT2D eigenvalue weighted by Crippen LogP contribution is 2.31. The average Bonchev–Trinajstić information content (AvgIpc) is 3.68. The quantitative estimate of drug-likeness (QED) is 0.105. The molecule has 0 aliphatic heterocycles. The van der Waals surface area contributed by atoms with E-state index in [4.69, 9.17) is 28.4 Å². The van der Waals surface area contributed by atoms with Crippen molar-refractivity contribution in [1.29, 1.82) is 0 Å². The SMILES string of the molecule is C=CCOCCOc1ccc(OCCNC(=O)c2cc([C]3[CH][CH][CH][CH]3)cc(C(=O)NCCOc3ccc(OCCOCC=C)cc3)c2)cc1. The molecule has 2 amide bonds. The Kier molecular flexibility index (Phi) is 16.0. The van der Waals surface area contributed by atoms with E-state index in [1.165, 1.54) is 0 Å². The Morgan fingerprint density at radius 2 is 0.939 bits per heavy atom. The standard InChI is InChI=1S/C39H43N2O8/c1-3-19-44-23-25-48-36-13-9-34(10-14-36)46-21-17-40-38(42)32-27-31(30-7-5-6-8-30)28-33(29-32)39(43)41-18-22-47-35-11-15-37(16-12-35)49-26-24-45-20-4-2/h3-16,27-29H,1-2,17-26H2,(H,40,42)(H,41,43). The zero-order valence-electron chi connectivity index (χ0n) is 27.6. The van der Waals surface area contributed by atoms with E-state index in [1.807, 2.05) is 49.9 Å². The Balaban J connectivity index is 1.22. The van der Waals surface area contributed by atoms with Gasteiger partial charge in [-0.05, 0) is 98.0 Å². The number of rotatable bonds is 23. The van der Waals surface area contributed by atoms with E-state index in [2.05, 4.69) is 23.8 Å². The lowest BCUT2D eigenvalue weighted by Crippen LogP contribution is -2.30. The van der Waals surface area contributed by atoms with Crippen LogP contribution < -0.4 is 29.6 Å². The van der Waals surface area contributed by atoms with Crippen LogP contribution in [0.25, 0.3) is 0 Å². The largest absolute Gasteiger partial charge is 0.492 e. The Labute approximate surface area is 289 Å². The van der Waals surface area contributed by atoms with Crippen LogP contribution in [0.3, 0.4) is 0 Å². The minimum atomic E-state index is -0.312. The summed E-state index contributed by atoms with van der Waals surface area (Å²) in [6.45, 7) is 11.1. The Bertz CT molecular complexity index is 1350. The average molecular weight is 668 g/mol. The third kappa shape index (κ3) is 13.3. The molecule has 10 nitrogen and oxygen atoms in total. The second-order valence-electron chi connectivity index (χ2n) is 10.5. The van der Waals surface area contributed by atoms with E-state index in [0.717, 1.165) is 11.5 Å². The molecule has 4 rings (SSSR count). The number of carbonyl (C=O) groups excluding carboxylic acids is 2. The molecule has 0 aromatic heterocycles. The maximum atomic E-state index is 13.1. The first-order chi connectivity index (χ1) is 24.1. The van der Waals surface area contributed by atoms with E-state index in [9.17, 15) is 9.59 Å². The number of hydrogen-bond acceptors (Lipinski definition) is 8. The summed E-state index contributed by atoms with van der Waals surface area (Å²) in [4.78, 5) is 26.3. The van der Waals surface area contributed by atoms with Crippen molar-refractivity contribution in [2.24, 2.45) is 0 Å². The van der Waals surface area contributed by atoms with Gasteiger partial charge in [-0.15, -0.1) is 13.2 Å². The van der Waals surface area contributed by atoms with E-state index in [1.54, 1.807) is 54.6 Å². The highest BCUT2D eigenvalue weighted by atomic mass is 16.5. The van der Waals surface area contributed by atoms with Crippen molar-refractivity contribution in [1.82, 2.24) is 10.6 Å². The van der Waals surface area contributed by atoms with Gasteiger partial charge in [0.25, 0.3) is 11.8 Å². The van der Waals surface area contributed by atoms with Crippen molar-refractivity contribution in [3.05, 3.63) is 140 Å². The van der Waals surface area contributed by atoms with Gasteiger partial charge in [0.05, 0.1) is 39.5 Å². The first-order valence-electron chi connectivity index (χ1n) is 16.1. The van der Waals surface area contributed by atoms with Gasteiger partial charge in [-0.3, -0.25) is 9.59 Å². The van der Waals surface area contributed by atoms with Crippen molar-refractivity contribution in [2.75, 3.05) is 65.9 Å². The van der Waals surface area contributed by atoms with Gasteiger partial charge in [0.1, 0.15) is 49.4 Å². The highest BCUT2D eigenvalue weighted by molar-refractivity contribution is 6.00. The number of carbonyl (C=O) groups is 2. The van der Waals surface area contributed by atoms with Crippen molar-refractivity contribution < 1.29 is 38.0 Å². The Hall–Kier alpha value is -4.80. The summed E-state index contributed by atoms with van der Waals surface area (Å²) < 4.78 is 33.4. The van der Waals surface area contributed by atoms with E-state index < -0.39 is 0 Å². The minimum absolute atomic E-state index is 0.262. The molecular formula is C39H43N2O8. The fourth-order valence-electron chi connectivity index (χ4n) is 4.53. The van der Waals surface area contributed by atoms with Gasteiger partial charge in [0.2, 0.25) is 0 Å². The third-order valence-electron chi connectivity index (χ3n) is 6.88. The molecule has 0 atom stereocenters. The predicted molar refractivity (Wildman–Crippen MR) is 188 cm³/mol. The van der Waals surface area contributed by atoms with Crippen LogP contribution in [0, 0.1) is 31.6 Å². The summed E-state index contributed by atoms with van der Waals surface area (Å²) in [6.07, 6.45) is 11.1. The van der Waals surface area contributed by atoms with Gasteiger partial charge in [-0.2, -0.15) is 0 Å². The molecule has 1 aliphatic rings. The number of benzene rings is 3. The molecular weight excluding hydrogens is 624 g/mol. The fourth-order valence-corrected chi connectivity index (χ4v) is 4.53. The van der Waals surface area contributed by atoms with Crippen LogP contribution in [0.15, 0.2) is 92.0 Å². The predicted octanol–water partition coefficient (Wildman–Crippen LogP) is 5.22. The van der Waals surface area contributed by atoms with Crippen LogP contribution in [-0.2, 0) is 9.47 Å². The summed E-state index contributed by atoms with van der Waals surface area (Å²) in [7, 11) is 0. The molecule has 0 unspecified atom stereocenters. The zero-order valence-corrected chi connectivity index (χ0v) is 27.6. The lowest BCUT2D eigenvalue weighted by atomic mass is 9.93. The van der Waals surface area contributed by atoms with Gasteiger partial charge in [0.15, 0.2) is 0 Å². The molecule has 5 radical (unpaired) electrons. The molecule has 2 N–H and O–H groups in total. The van der Waals surface area contributed by atoms with Crippen molar-refractivity contribution in [2.45, 2.75) is 0 Å². The molecule has 1 aliphatic carbocycles. The summed E-state index contributed by atoms with van der Waals surface area (Å²) in [5.74, 6) is 3.00. The van der Waals surface area contributed by atoms with Gasteiger partial charge in [-0.1, -0.05) is 12.2 Å². The van der Waals surface area contributed by atoms with Crippen LogP contribution in [0.4, 0.5) is 0 Å². The van der Waals surface area contributed by atoms with Crippen LogP contribution in [0.2, 0.25) is 0 Å². The van der Waals surface area contributed by atoms with Gasteiger partial charge in [0, 0.05) is 17.0 Å². The summed E-state index contributed by atoms with van der Waals surface area (Å²) in [6, 6.07) is 19.6. The van der Waals surface area contributed by atoms with Gasteiger partial charge in [-0.25, -0.2) is 0 Å². The molecule has 0 saturated heterocycles. The number of hydrogen-bond donors (Lipinski definition) is 2. The molecule has 1 fully saturated rings. The Morgan fingerprint density at radius 3 is 1.33 bits per heavy atom. The van der Waals surface area contributed by atoms with E-state index >= 15 is 0 Å². The van der Waals surface area contributed by atoms with Crippen LogP contribution >= 0.6 is 0 Å². The Morgan fingerprint density at radius 1 is 0.551 bits per heavy atom. The van der Waals surface area contributed by atoms with Crippen molar-refractivity contribution in [3.8, 4) is 23.0 Å². The lowest BCUT2D eigenvalue weighted by Gasteiger charge is -2.14.